The van der Waals surface area contributed by atoms with E-state index in [0.29, 0.717) is 29.4 Å². The summed E-state index contributed by atoms with van der Waals surface area (Å²) in [6.45, 7) is 2.37. The lowest BCUT2D eigenvalue weighted by Crippen LogP contribution is -2.16. The molecule has 1 aromatic carbocycles. The molecule has 0 atom stereocenters. The Morgan fingerprint density at radius 3 is 2.61 bits per heavy atom. The summed E-state index contributed by atoms with van der Waals surface area (Å²) in [5.41, 5.74) is 2.05. The smallest absolute Gasteiger partial charge is 0.268 e. The molecule has 23 heavy (non-hydrogen) atoms. The van der Waals surface area contributed by atoms with Gasteiger partial charge in [0.15, 0.2) is 11.5 Å². The third-order valence-electron chi connectivity index (χ3n) is 3.46. The number of aromatic amines is 1. The number of hydrogen-bond donors (Lipinski definition) is 2. The van der Waals surface area contributed by atoms with Crippen LogP contribution in [0, 0.1) is 18.3 Å². The van der Waals surface area contributed by atoms with E-state index in [0.717, 1.165) is 12.0 Å². The summed E-state index contributed by atoms with van der Waals surface area (Å²) in [5.74, 6) is 1.36. The number of methoxy groups -OCH3 is 2. The second-order valence-corrected chi connectivity index (χ2v) is 5.05. The van der Waals surface area contributed by atoms with Gasteiger partial charge in [-0.25, -0.2) is 0 Å². The van der Waals surface area contributed by atoms with Crippen molar-refractivity contribution in [1.29, 1.82) is 5.26 Å². The monoisotopic (exact) mass is 313 g/mol. The van der Waals surface area contributed by atoms with E-state index in [4.69, 9.17) is 14.7 Å². The summed E-state index contributed by atoms with van der Waals surface area (Å²) in [4.78, 5) is 14.3. The van der Waals surface area contributed by atoms with E-state index < -0.39 is 0 Å². The number of H-pyrrole nitrogens is 1. The maximum Gasteiger partial charge on any atom is 0.268 e. The van der Waals surface area contributed by atoms with Gasteiger partial charge in [-0.15, -0.1) is 0 Å². The SMILES string of the molecule is COc1ccc(CCNc2cc(C)[nH]c(=O)c2C#N)cc1OC. The Balaban J connectivity index is 2.09. The largest absolute Gasteiger partial charge is 0.493 e. The highest BCUT2D eigenvalue weighted by molar-refractivity contribution is 5.57. The fourth-order valence-corrected chi connectivity index (χ4v) is 2.32. The summed E-state index contributed by atoms with van der Waals surface area (Å²) in [6, 6.07) is 9.41. The van der Waals surface area contributed by atoms with Crippen molar-refractivity contribution in [3.05, 3.63) is 51.4 Å². The van der Waals surface area contributed by atoms with Crippen LogP contribution in [0.15, 0.2) is 29.1 Å². The number of aromatic nitrogens is 1. The first-order valence-corrected chi connectivity index (χ1v) is 7.17. The van der Waals surface area contributed by atoms with Gasteiger partial charge in [-0.1, -0.05) is 6.07 Å². The first kappa shape index (κ1) is 16.4. The maximum absolute atomic E-state index is 11.7. The summed E-state index contributed by atoms with van der Waals surface area (Å²) < 4.78 is 10.5. The first-order chi connectivity index (χ1) is 11.1. The zero-order valence-corrected chi connectivity index (χ0v) is 13.4. The van der Waals surface area contributed by atoms with E-state index in [1.54, 1.807) is 27.2 Å². The molecule has 0 bridgehead atoms. The normalized spacial score (nSPS) is 10.0. The van der Waals surface area contributed by atoms with Crippen LogP contribution in [-0.4, -0.2) is 25.7 Å². The Kier molecular flexibility index (Phi) is 5.26. The number of rotatable bonds is 6. The van der Waals surface area contributed by atoms with Gasteiger partial charge in [-0.2, -0.15) is 5.26 Å². The topological polar surface area (TPSA) is 87.1 Å². The van der Waals surface area contributed by atoms with Crippen LogP contribution in [0.2, 0.25) is 0 Å². The molecule has 0 fully saturated rings. The van der Waals surface area contributed by atoms with Gasteiger partial charge >= 0.3 is 0 Å². The molecule has 120 valence electrons. The van der Waals surface area contributed by atoms with Crippen LogP contribution in [-0.2, 0) is 6.42 Å². The number of hydrogen-bond acceptors (Lipinski definition) is 5. The van der Waals surface area contributed by atoms with Crippen molar-refractivity contribution < 1.29 is 9.47 Å². The Labute approximate surface area is 134 Å². The van der Waals surface area contributed by atoms with Crippen molar-refractivity contribution in [1.82, 2.24) is 4.98 Å². The molecule has 1 heterocycles. The van der Waals surface area contributed by atoms with Gasteiger partial charge in [0.25, 0.3) is 5.56 Å². The Bertz CT molecular complexity index is 791. The molecule has 1 aromatic heterocycles. The zero-order chi connectivity index (χ0) is 16.8. The standard InChI is InChI=1S/C17H19N3O3/c1-11-8-14(13(10-18)17(21)20-11)19-7-6-12-4-5-15(22-2)16(9-12)23-3/h4-5,8-9H,6-7H2,1-3H3,(H2,19,20,21). The lowest BCUT2D eigenvalue weighted by molar-refractivity contribution is 0.354. The molecule has 6 heteroatoms. The molecule has 0 aliphatic rings. The molecule has 2 aromatic rings. The molecule has 2 rings (SSSR count). The highest BCUT2D eigenvalue weighted by Crippen LogP contribution is 2.27. The van der Waals surface area contributed by atoms with E-state index in [-0.39, 0.29) is 11.1 Å². The van der Waals surface area contributed by atoms with Crippen LogP contribution >= 0.6 is 0 Å². The van der Waals surface area contributed by atoms with Gasteiger partial charge in [-0.3, -0.25) is 4.79 Å². The van der Waals surface area contributed by atoms with Gasteiger partial charge in [0.05, 0.1) is 19.9 Å². The molecule has 0 saturated heterocycles. The quantitative estimate of drug-likeness (QED) is 0.854. The minimum atomic E-state index is -0.374. The lowest BCUT2D eigenvalue weighted by atomic mass is 10.1. The number of nitriles is 1. The number of nitrogens with zero attached hydrogens (tertiary/aromatic N) is 1. The highest BCUT2D eigenvalue weighted by Gasteiger charge is 2.08. The third kappa shape index (κ3) is 3.83. The van der Waals surface area contributed by atoms with Crippen LogP contribution in [0.4, 0.5) is 5.69 Å². The van der Waals surface area contributed by atoms with E-state index in [2.05, 4.69) is 10.3 Å². The van der Waals surface area contributed by atoms with Crippen molar-refractivity contribution >= 4 is 5.69 Å². The first-order valence-electron chi connectivity index (χ1n) is 7.17. The van der Waals surface area contributed by atoms with Crippen LogP contribution in [0.3, 0.4) is 0 Å². The summed E-state index contributed by atoms with van der Waals surface area (Å²) in [7, 11) is 3.19. The molecule has 0 radical (unpaired) electrons. The minimum Gasteiger partial charge on any atom is -0.493 e. The molecule has 0 spiro atoms. The number of ether oxygens (including phenoxy) is 2. The highest BCUT2D eigenvalue weighted by atomic mass is 16.5. The molecule has 0 amide bonds. The Morgan fingerprint density at radius 1 is 1.22 bits per heavy atom. The molecule has 6 nitrogen and oxygen atoms in total. The third-order valence-corrected chi connectivity index (χ3v) is 3.46. The Morgan fingerprint density at radius 2 is 1.96 bits per heavy atom. The van der Waals surface area contributed by atoms with E-state index >= 15 is 0 Å². The van der Waals surface area contributed by atoms with Gasteiger partial charge in [0.1, 0.15) is 11.6 Å². The number of pyridine rings is 1. The predicted octanol–water partition coefficient (Wildman–Crippen LogP) is 2.23. The van der Waals surface area contributed by atoms with Crippen LogP contribution < -0.4 is 20.3 Å². The number of anilines is 1. The molecule has 2 N–H and O–H groups in total. The molecular weight excluding hydrogens is 294 g/mol. The van der Waals surface area contributed by atoms with Crippen molar-refractivity contribution in [3.8, 4) is 17.6 Å². The second kappa shape index (κ2) is 7.36. The van der Waals surface area contributed by atoms with Crippen molar-refractivity contribution in [3.63, 3.8) is 0 Å². The molecule has 0 saturated carbocycles. The summed E-state index contributed by atoms with van der Waals surface area (Å²) in [5, 5.41) is 12.2. The van der Waals surface area contributed by atoms with Crippen LogP contribution in [0.5, 0.6) is 11.5 Å². The zero-order valence-electron chi connectivity index (χ0n) is 13.4. The van der Waals surface area contributed by atoms with Gasteiger partial charge in [-0.05, 0) is 37.1 Å². The predicted molar refractivity (Wildman–Crippen MR) is 88.3 cm³/mol. The van der Waals surface area contributed by atoms with Gasteiger partial charge in [0.2, 0.25) is 0 Å². The fourth-order valence-electron chi connectivity index (χ4n) is 2.32. The average Bonchev–Trinajstić information content (AvgIpc) is 2.54. The number of benzene rings is 1. The fraction of sp³-hybridized carbons (Fsp3) is 0.294. The minimum absolute atomic E-state index is 0.0999. The molecular formula is C17H19N3O3. The Hall–Kier alpha value is -2.94. The molecule has 0 unspecified atom stereocenters. The van der Waals surface area contributed by atoms with Crippen molar-refractivity contribution in [2.24, 2.45) is 0 Å². The van der Waals surface area contributed by atoms with E-state index in [9.17, 15) is 4.79 Å². The number of nitrogens with one attached hydrogen (secondary N) is 2. The van der Waals surface area contributed by atoms with Crippen LogP contribution in [0.25, 0.3) is 0 Å². The van der Waals surface area contributed by atoms with E-state index in [1.165, 1.54) is 0 Å². The van der Waals surface area contributed by atoms with Gasteiger partial charge < -0.3 is 19.8 Å². The van der Waals surface area contributed by atoms with Gasteiger partial charge in [0, 0.05) is 12.2 Å². The summed E-state index contributed by atoms with van der Waals surface area (Å²) in [6.07, 6.45) is 0.719. The maximum atomic E-state index is 11.7. The van der Waals surface area contributed by atoms with E-state index in [1.807, 2.05) is 24.3 Å². The second-order valence-electron chi connectivity index (χ2n) is 5.05. The van der Waals surface area contributed by atoms with Crippen LogP contribution in [0.1, 0.15) is 16.8 Å². The molecule has 0 aliphatic carbocycles. The number of aryl methyl sites for hydroxylation is 1. The summed E-state index contributed by atoms with van der Waals surface area (Å²) >= 11 is 0. The molecule has 0 aliphatic heterocycles. The van der Waals surface area contributed by atoms with Crippen molar-refractivity contribution in [2.75, 3.05) is 26.1 Å². The lowest BCUT2D eigenvalue weighted by Gasteiger charge is -2.11. The average molecular weight is 313 g/mol. The van der Waals surface area contributed by atoms with Crippen molar-refractivity contribution in [2.45, 2.75) is 13.3 Å².